The van der Waals surface area contributed by atoms with Crippen molar-refractivity contribution in [1.29, 1.82) is 0 Å². The Morgan fingerprint density at radius 2 is 1.85 bits per heavy atom. The molecule has 3 N–H and O–H groups in total. The number of para-hydroxylation sites is 1. The molecule has 0 bridgehead atoms. The summed E-state index contributed by atoms with van der Waals surface area (Å²) in [6.07, 6.45) is -1.04. The third kappa shape index (κ3) is 5.65. The molecular formula is C20H22N2O5. The highest BCUT2D eigenvalue weighted by Gasteiger charge is 2.21. The Morgan fingerprint density at radius 1 is 1.11 bits per heavy atom. The number of aliphatic hydroxyl groups is 1. The fourth-order valence-corrected chi connectivity index (χ4v) is 2.34. The molecule has 2 aromatic carbocycles. The lowest BCUT2D eigenvalue weighted by Crippen LogP contribution is -2.30. The van der Waals surface area contributed by atoms with Crippen LogP contribution in [0.3, 0.4) is 0 Å². The zero-order valence-corrected chi connectivity index (χ0v) is 15.2. The smallest absolute Gasteiger partial charge is 0.341 e. The van der Waals surface area contributed by atoms with Crippen LogP contribution in [0.15, 0.2) is 48.5 Å². The summed E-state index contributed by atoms with van der Waals surface area (Å²) >= 11 is 0. The van der Waals surface area contributed by atoms with Gasteiger partial charge >= 0.3 is 5.97 Å². The maximum Gasteiger partial charge on any atom is 0.341 e. The monoisotopic (exact) mass is 370 g/mol. The van der Waals surface area contributed by atoms with Crippen LogP contribution in [0.25, 0.3) is 0 Å². The van der Waals surface area contributed by atoms with Gasteiger partial charge in [-0.25, -0.2) is 4.79 Å². The standard InChI is InChI=1S/C20H22N2O5/c1-13(24)15-6-5-7-16(12-15)22-19(25)14(2)27-20(26)17-8-3-4-9-18(17)21-10-11-23/h3-9,12,14,21,23H,10-11H2,1-2H3,(H,22,25)/t14-/m1/s1. The van der Waals surface area contributed by atoms with Crippen LogP contribution in [0, 0.1) is 0 Å². The number of carbonyl (C=O) groups excluding carboxylic acids is 3. The number of anilines is 2. The van der Waals surface area contributed by atoms with Gasteiger partial charge in [0.2, 0.25) is 0 Å². The molecule has 0 aliphatic rings. The zero-order chi connectivity index (χ0) is 19.8. The Hall–Kier alpha value is -3.19. The van der Waals surface area contributed by atoms with Crippen molar-refractivity contribution in [3.8, 4) is 0 Å². The number of hydrogen-bond acceptors (Lipinski definition) is 6. The topological polar surface area (TPSA) is 105 Å². The van der Waals surface area contributed by atoms with Gasteiger partial charge in [0.05, 0.1) is 12.2 Å². The van der Waals surface area contributed by atoms with Gasteiger partial charge in [0.1, 0.15) is 0 Å². The highest BCUT2D eigenvalue weighted by Crippen LogP contribution is 2.17. The van der Waals surface area contributed by atoms with Crippen molar-refractivity contribution < 1.29 is 24.2 Å². The number of esters is 1. The fourth-order valence-electron chi connectivity index (χ4n) is 2.34. The molecule has 142 valence electrons. The summed E-state index contributed by atoms with van der Waals surface area (Å²) in [4.78, 5) is 36.1. The van der Waals surface area contributed by atoms with Crippen LogP contribution in [0.1, 0.15) is 34.6 Å². The molecule has 27 heavy (non-hydrogen) atoms. The highest BCUT2D eigenvalue weighted by atomic mass is 16.5. The molecule has 7 heteroatoms. The molecule has 1 amide bonds. The van der Waals surface area contributed by atoms with Gasteiger partial charge in [-0.2, -0.15) is 0 Å². The van der Waals surface area contributed by atoms with Crippen LogP contribution in [-0.2, 0) is 9.53 Å². The second-order valence-corrected chi connectivity index (χ2v) is 5.87. The first-order chi connectivity index (χ1) is 12.9. The number of amides is 1. The van der Waals surface area contributed by atoms with E-state index in [1.54, 1.807) is 48.5 Å². The van der Waals surface area contributed by atoms with Crippen LogP contribution < -0.4 is 10.6 Å². The number of hydrogen-bond donors (Lipinski definition) is 3. The van der Waals surface area contributed by atoms with Crippen LogP contribution in [0.2, 0.25) is 0 Å². The fraction of sp³-hybridized carbons (Fsp3) is 0.250. The van der Waals surface area contributed by atoms with Gasteiger partial charge in [-0.3, -0.25) is 9.59 Å². The van der Waals surface area contributed by atoms with Crippen LogP contribution in [-0.4, -0.2) is 42.0 Å². The second-order valence-electron chi connectivity index (χ2n) is 5.87. The van der Waals surface area contributed by atoms with E-state index in [1.165, 1.54) is 13.8 Å². The number of ether oxygens (including phenoxy) is 1. The molecule has 7 nitrogen and oxygen atoms in total. The third-order valence-corrected chi connectivity index (χ3v) is 3.76. The summed E-state index contributed by atoms with van der Waals surface area (Å²) in [6, 6.07) is 13.2. The minimum Gasteiger partial charge on any atom is -0.449 e. The summed E-state index contributed by atoms with van der Waals surface area (Å²) < 4.78 is 5.25. The number of Topliss-reactive ketones (excluding diaryl/α,β-unsaturated/α-hetero) is 1. The number of nitrogens with one attached hydrogen (secondary N) is 2. The molecule has 0 fully saturated rings. The van der Waals surface area contributed by atoms with E-state index in [2.05, 4.69) is 10.6 Å². The van der Waals surface area contributed by atoms with Crippen LogP contribution in [0.4, 0.5) is 11.4 Å². The molecule has 0 aliphatic heterocycles. The van der Waals surface area contributed by atoms with E-state index in [-0.39, 0.29) is 24.5 Å². The maximum absolute atomic E-state index is 12.4. The summed E-state index contributed by atoms with van der Waals surface area (Å²) in [5.74, 6) is -1.28. The Morgan fingerprint density at radius 3 is 2.56 bits per heavy atom. The molecule has 0 spiro atoms. The normalized spacial score (nSPS) is 11.4. The van der Waals surface area contributed by atoms with Crippen LogP contribution in [0.5, 0.6) is 0 Å². The third-order valence-electron chi connectivity index (χ3n) is 3.76. The average molecular weight is 370 g/mol. The van der Waals surface area contributed by atoms with Crippen molar-refractivity contribution in [3.05, 3.63) is 59.7 Å². The van der Waals surface area contributed by atoms with Gasteiger partial charge in [0.25, 0.3) is 5.91 Å². The van der Waals surface area contributed by atoms with Gasteiger partial charge in [0, 0.05) is 23.5 Å². The van der Waals surface area contributed by atoms with Gasteiger partial charge < -0.3 is 20.5 Å². The molecule has 0 aromatic heterocycles. The number of carbonyl (C=O) groups is 3. The van der Waals surface area contributed by atoms with E-state index < -0.39 is 18.0 Å². The van der Waals surface area contributed by atoms with E-state index >= 15 is 0 Å². The lowest BCUT2D eigenvalue weighted by atomic mass is 10.1. The van der Waals surface area contributed by atoms with Crippen molar-refractivity contribution >= 4 is 29.0 Å². The summed E-state index contributed by atoms with van der Waals surface area (Å²) in [6.45, 7) is 3.10. The maximum atomic E-state index is 12.4. The summed E-state index contributed by atoms with van der Waals surface area (Å²) in [7, 11) is 0. The number of ketones is 1. The molecule has 0 saturated carbocycles. The van der Waals surface area contributed by atoms with Gasteiger partial charge in [0.15, 0.2) is 11.9 Å². The van der Waals surface area contributed by atoms with Gasteiger partial charge in [-0.15, -0.1) is 0 Å². The molecule has 1 atom stereocenters. The quantitative estimate of drug-likeness (QED) is 0.487. The highest BCUT2D eigenvalue weighted by molar-refractivity contribution is 6.00. The minimum atomic E-state index is -1.04. The Bertz CT molecular complexity index is 835. The lowest BCUT2D eigenvalue weighted by molar-refractivity contribution is -0.123. The number of rotatable bonds is 8. The van der Waals surface area contributed by atoms with Crippen molar-refractivity contribution in [2.75, 3.05) is 23.8 Å². The zero-order valence-electron chi connectivity index (χ0n) is 15.2. The molecule has 0 heterocycles. The second kappa shape index (κ2) is 9.49. The summed E-state index contributed by atoms with van der Waals surface area (Å²) in [5, 5.41) is 14.5. The Kier molecular flexibility index (Phi) is 7.08. The van der Waals surface area contributed by atoms with Crippen molar-refractivity contribution in [1.82, 2.24) is 0 Å². The molecule has 2 rings (SSSR count). The van der Waals surface area contributed by atoms with E-state index in [1.807, 2.05) is 0 Å². The molecule has 2 aromatic rings. The van der Waals surface area contributed by atoms with Crippen molar-refractivity contribution in [2.45, 2.75) is 20.0 Å². The van der Waals surface area contributed by atoms with Crippen molar-refractivity contribution in [2.24, 2.45) is 0 Å². The number of aliphatic hydroxyl groups excluding tert-OH is 1. The average Bonchev–Trinajstić information content (AvgIpc) is 2.66. The van der Waals surface area contributed by atoms with E-state index in [0.717, 1.165) is 0 Å². The first-order valence-electron chi connectivity index (χ1n) is 8.49. The van der Waals surface area contributed by atoms with Gasteiger partial charge in [-0.05, 0) is 38.1 Å². The molecular weight excluding hydrogens is 348 g/mol. The first-order valence-corrected chi connectivity index (χ1v) is 8.49. The molecule has 0 aliphatic carbocycles. The van der Waals surface area contributed by atoms with E-state index in [9.17, 15) is 14.4 Å². The predicted molar refractivity (Wildman–Crippen MR) is 102 cm³/mol. The van der Waals surface area contributed by atoms with Crippen molar-refractivity contribution in [3.63, 3.8) is 0 Å². The Labute approximate surface area is 157 Å². The minimum absolute atomic E-state index is 0.0818. The van der Waals surface area contributed by atoms with Crippen LogP contribution >= 0.6 is 0 Å². The predicted octanol–water partition coefficient (Wildman–Crippen LogP) is 2.48. The van der Waals surface area contributed by atoms with E-state index in [0.29, 0.717) is 16.9 Å². The number of benzene rings is 2. The molecule has 0 radical (unpaired) electrons. The van der Waals surface area contributed by atoms with E-state index in [4.69, 9.17) is 9.84 Å². The van der Waals surface area contributed by atoms with Gasteiger partial charge in [-0.1, -0.05) is 24.3 Å². The lowest BCUT2D eigenvalue weighted by Gasteiger charge is -2.16. The molecule has 0 unspecified atom stereocenters. The summed E-state index contributed by atoms with van der Waals surface area (Å²) in [5.41, 5.74) is 1.70. The SMILES string of the molecule is CC(=O)c1cccc(NC(=O)[C@@H](C)OC(=O)c2ccccc2NCCO)c1. The largest absolute Gasteiger partial charge is 0.449 e. The molecule has 0 saturated heterocycles. The Balaban J connectivity index is 2.03. The first kappa shape index (κ1) is 20.1.